The van der Waals surface area contributed by atoms with E-state index in [9.17, 15) is 4.79 Å². The molecule has 0 bridgehead atoms. The molecule has 0 atom stereocenters. The van der Waals surface area contributed by atoms with Crippen LogP contribution in [-0.2, 0) is 4.74 Å². The van der Waals surface area contributed by atoms with Crippen LogP contribution in [0, 0.1) is 5.92 Å². The predicted octanol–water partition coefficient (Wildman–Crippen LogP) is 1.85. The monoisotopic (exact) mass is 228 g/mol. The van der Waals surface area contributed by atoms with Gasteiger partial charge in [0.15, 0.2) is 0 Å². The van der Waals surface area contributed by atoms with Crippen LogP contribution in [-0.4, -0.2) is 43.8 Å². The topological polar surface area (TPSA) is 41.6 Å². The minimum Gasteiger partial charge on any atom is -0.450 e. The van der Waals surface area contributed by atoms with Crippen LogP contribution in [0.15, 0.2) is 0 Å². The summed E-state index contributed by atoms with van der Waals surface area (Å²) in [5.74, 6) is 0.883. The van der Waals surface area contributed by atoms with Gasteiger partial charge in [-0.15, -0.1) is 0 Å². The van der Waals surface area contributed by atoms with E-state index in [0.717, 1.165) is 18.9 Å². The lowest BCUT2D eigenvalue weighted by molar-refractivity contribution is 0.150. The van der Waals surface area contributed by atoms with Crippen LogP contribution in [0.5, 0.6) is 0 Å². The van der Waals surface area contributed by atoms with Crippen molar-refractivity contribution in [2.24, 2.45) is 5.92 Å². The highest BCUT2D eigenvalue weighted by molar-refractivity contribution is 5.66. The molecule has 0 aliphatic carbocycles. The molecule has 4 heteroatoms. The summed E-state index contributed by atoms with van der Waals surface area (Å²) >= 11 is 0. The Balaban J connectivity index is 1.97. The third-order valence-corrected chi connectivity index (χ3v) is 3.07. The van der Waals surface area contributed by atoms with Crippen LogP contribution < -0.4 is 5.32 Å². The molecular formula is C12H24N2O2. The highest BCUT2D eigenvalue weighted by Crippen LogP contribution is 2.15. The summed E-state index contributed by atoms with van der Waals surface area (Å²) in [6.45, 7) is 8.79. The van der Waals surface area contributed by atoms with Crippen molar-refractivity contribution in [2.45, 2.75) is 33.1 Å². The Morgan fingerprint density at radius 1 is 1.44 bits per heavy atom. The van der Waals surface area contributed by atoms with Crippen LogP contribution in [0.3, 0.4) is 0 Å². The van der Waals surface area contributed by atoms with Crippen molar-refractivity contribution in [1.82, 2.24) is 10.2 Å². The Kier molecular flexibility index (Phi) is 6.23. The van der Waals surface area contributed by atoms with E-state index in [0.29, 0.717) is 13.2 Å². The van der Waals surface area contributed by atoms with E-state index in [1.165, 1.54) is 25.9 Å². The zero-order valence-electron chi connectivity index (χ0n) is 10.5. The van der Waals surface area contributed by atoms with Crippen molar-refractivity contribution in [1.29, 1.82) is 0 Å². The number of alkyl carbamates (subject to hydrolysis) is 1. The Morgan fingerprint density at radius 2 is 2.12 bits per heavy atom. The fourth-order valence-corrected chi connectivity index (χ4v) is 1.96. The smallest absolute Gasteiger partial charge is 0.407 e. The van der Waals surface area contributed by atoms with Crippen molar-refractivity contribution >= 4 is 6.09 Å². The largest absolute Gasteiger partial charge is 0.450 e. The number of amides is 1. The van der Waals surface area contributed by atoms with Gasteiger partial charge in [-0.2, -0.15) is 0 Å². The van der Waals surface area contributed by atoms with Gasteiger partial charge in [0, 0.05) is 6.54 Å². The first kappa shape index (κ1) is 13.3. The van der Waals surface area contributed by atoms with Gasteiger partial charge in [0.2, 0.25) is 0 Å². The van der Waals surface area contributed by atoms with E-state index >= 15 is 0 Å². The zero-order valence-corrected chi connectivity index (χ0v) is 10.5. The average Bonchev–Trinajstić information content (AvgIpc) is 2.27. The number of piperidine rings is 1. The zero-order chi connectivity index (χ0) is 11.8. The first-order valence-corrected chi connectivity index (χ1v) is 6.35. The molecule has 1 aliphatic heterocycles. The van der Waals surface area contributed by atoms with Gasteiger partial charge in [0.1, 0.15) is 0 Å². The van der Waals surface area contributed by atoms with E-state index in [4.69, 9.17) is 4.74 Å². The number of hydrogen-bond donors (Lipinski definition) is 1. The van der Waals surface area contributed by atoms with Crippen LogP contribution in [0.25, 0.3) is 0 Å². The maximum Gasteiger partial charge on any atom is 0.407 e. The third kappa shape index (κ3) is 5.35. The standard InChI is InChI=1S/C12H24N2O2/c1-3-16-12(15)13-7-4-8-14-9-5-11(2)6-10-14/h11H,3-10H2,1-2H3,(H,13,15). The molecule has 1 aliphatic rings. The lowest BCUT2D eigenvalue weighted by atomic mass is 9.99. The van der Waals surface area contributed by atoms with E-state index < -0.39 is 0 Å². The number of nitrogens with one attached hydrogen (secondary N) is 1. The Hall–Kier alpha value is -0.770. The summed E-state index contributed by atoms with van der Waals surface area (Å²) in [5, 5.41) is 2.74. The average molecular weight is 228 g/mol. The van der Waals surface area contributed by atoms with Gasteiger partial charge >= 0.3 is 6.09 Å². The number of carbonyl (C=O) groups is 1. The minimum atomic E-state index is -0.297. The fourth-order valence-electron chi connectivity index (χ4n) is 1.96. The molecule has 1 heterocycles. The van der Waals surface area contributed by atoms with Crippen molar-refractivity contribution in [2.75, 3.05) is 32.8 Å². The van der Waals surface area contributed by atoms with Gasteiger partial charge in [-0.3, -0.25) is 0 Å². The van der Waals surface area contributed by atoms with Crippen molar-refractivity contribution in [3.8, 4) is 0 Å². The van der Waals surface area contributed by atoms with Crippen molar-refractivity contribution in [3.05, 3.63) is 0 Å². The molecule has 0 unspecified atom stereocenters. The van der Waals surface area contributed by atoms with Crippen LogP contribution in [0.4, 0.5) is 4.79 Å². The molecule has 0 aromatic heterocycles. The van der Waals surface area contributed by atoms with Gasteiger partial charge in [0.05, 0.1) is 6.61 Å². The summed E-state index contributed by atoms with van der Waals surface area (Å²) in [6, 6.07) is 0. The quantitative estimate of drug-likeness (QED) is 0.730. The molecule has 0 aromatic rings. The first-order valence-electron chi connectivity index (χ1n) is 6.35. The second-order valence-electron chi connectivity index (χ2n) is 4.52. The van der Waals surface area contributed by atoms with Crippen molar-refractivity contribution in [3.63, 3.8) is 0 Å². The molecule has 1 amide bonds. The van der Waals surface area contributed by atoms with Crippen LogP contribution in [0.2, 0.25) is 0 Å². The molecule has 1 saturated heterocycles. The highest BCUT2D eigenvalue weighted by atomic mass is 16.5. The van der Waals surface area contributed by atoms with E-state index in [-0.39, 0.29) is 6.09 Å². The summed E-state index contributed by atoms with van der Waals surface area (Å²) in [6.07, 6.45) is 3.33. The number of hydrogen-bond acceptors (Lipinski definition) is 3. The normalized spacial score (nSPS) is 18.4. The van der Waals surface area contributed by atoms with Gasteiger partial charge in [-0.25, -0.2) is 4.79 Å². The summed E-state index contributed by atoms with van der Waals surface area (Å²) in [4.78, 5) is 13.5. The summed E-state index contributed by atoms with van der Waals surface area (Å²) < 4.78 is 4.78. The Labute approximate surface area is 98.3 Å². The molecule has 1 N–H and O–H groups in total. The minimum absolute atomic E-state index is 0.297. The molecule has 1 fully saturated rings. The molecule has 0 radical (unpaired) electrons. The molecular weight excluding hydrogens is 204 g/mol. The molecule has 1 rings (SSSR count). The summed E-state index contributed by atoms with van der Waals surface area (Å²) in [7, 11) is 0. The number of nitrogens with zero attached hydrogens (tertiary/aromatic N) is 1. The predicted molar refractivity (Wildman–Crippen MR) is 64.5 cm³/mol. The Morgan fingerprint density at radius 3 is 2.75 bits per heavy atom. The lowest BCUT2D eigenvalue weighted by Crippen LogP contribution is -2.35. The second kappa shape index (κ2) is 7.49. The molecule has 16 heavy (non-hydrogen) atoms. The van der Waals surface area contributed by atoms with Gasteiger partial charge in [-0.1, -0.05) is 6.92 Å². The molecule has 0 aromatic carbocycles. The Bertz CT molecular complexity index is 201. The van der Waals surface area contributed by atoms with Gasteiger partial charge < -0.3 is 15.0 Å². The van der Waals surface area contributed by atoms with E-state index in [2.05, 4.69) is 17.1 Å². The van der Waals surface area contributed by atoms with E-state index in [1.54, 1.807) is 0 Å². The lowest BCUT2D eigenvalue weighted by Gasteiger charge is -2.30. The van der Waals surface area contributed by atoms with Gasteiger partial charge in [0.25, 0.3) is 0 Å². The fraction of sp³-hybridized carbons (Fsp3) is 0.917. The molecule has 94 valence electrons. The molecule has 0 saturated carbocycles. The number of carbonyl (C=O) groups excluding carboxylic acids is 1. The van der Waals surface area contributed by atoms with Crippen molar-refractivity contribution < 1.29 is 9.53 Å². The molecule has 0 spiro atoms. The first-order chi connectivity index (χ1) is 7.72. The summed E-state index contributed by atoms with van der Waals surface area (Å²) in [5.41, 5.74) is 0. The van der Waals surface area contributed by atoms with Crippen LogP contribution >= 0.6 is 0 Å². The third-order valence-electron chi connectivity index (χ3n) is 3.07. The van der Waals surface area contributed by atoms with Gasteiger partial charge in [-0.05, 0) is 51.7 Å². The number of likely N-dealkylation sites (tertiary alicyclic amines) is 1. The maximum atomic E-state index is 11.0. The van der Waals surface area contributed by atoms with Crippen LogP contribution in [0.1, 0.15) is 33.1 Å². The maximum absolute atomic E-state index is 11.0. The SMILES string of the molecule is CCOC(=O)NCCCN1CCC(C)CC1. The van der Waals surface area contributed by atoms with E-state index in [1.807, 2.05) is 6.92 Å². The number of ether oxygens (including phenoxy) is 1. The second-order valence-corrected chi connectivity index (χ2v) is 4.52. The molecule has 4 nitrogen and oxygen atoms in total. The highest BCUT2D eigenvalue weighted by Gasteiger charge is 2.14. The number of rotatable bonds is 5.